The summed E-state index contributed by atoms with van der Waals surface area (Å²) < 4.78 is 29.3. The van der Waals surface area contributed by atoms with Crippen LogP contribution in [0.15, 0.2) is 12.7 Å². The molecule has 0 radical (unpaired) electrons. The number of aliphatic hydroxyl groups excluding tert-OH is 1. The number of rotatable bonds is 6. The van der Waals surface area contributed by atoms with Gasteiger partial charge in [-0.05, 0) is 19.3 Å². The van der Waals surface area contributed by atoms with E-state index in [-0.39, 0.29) is 6.61 Å². The molecule has 4 unspecified atom stereocenters. The largest absolute Gasteiger partial charge is 0.463 e. The maximum absolute atomic E-state index is 11.7. The lowest BCUT2D eigenvalue weighted by Crippen LogP contribution is -2.61. The molecule has 0 bridgehead atoms. The van der Waals surface area contributed by atoms with Gasteiger partial charge in [0, 0.05) is 26.7 Å². The summed E-state index contributed by atoms with van der Waals surface area (Å²) in [6, 6.07) is 0. The molecule has 2 heterocycles. The van der Waals surface area contributed by atoms with Crippen LogP contribution in [0, 0.1) is 0 Å². The molecule has 2 saturated heterocycles. The summed E-state index contributed by atoms with van der Waals surface area (Å²) >= 11 is 0. The van der Waals surface area contributed by atoms with Crippen LogP contribution in [0.3, 0.4) is 0 Å². The Kier molecular flexibility index (Phi) is 6.75. The van der Waals surface area contributed by atoms with Gasteiger partial charge in [0.1, 0.15) is 37.1 Å². The third-order valence-corrected chi connectivity index (χ3v) is 5.52. The molecule has 1 saturated carbocycles. The van der Waals surface area contributed by atoms with E-state index >= 15 is 0 Å². The van der Waals surface area contributed by atoms with Gasteiger partial charge in [0.2, 0.25) is 0 Å². The molecule has 1 spiro atoms. The van der Waals surface area contributed by atoms with Crippen molar-refractivity contribution < 1.29 is 38.4 Å². The maximum atomic E-state index is 11.7. The zero-order valence-electron chi connectivity index (χ0n) is 16.5. The first kappa shape index (κ1) is 21.2. The van der Waals surface area contributed by atoms with Crippen LogP contribution in [0.1, 0.15) is 52.4 Å². The topological polar surface area (TPSA) is 101 Å². The minimum absolute atomic E-state index is 0.210. The third kappa shape index (κ3) is 4.56. The van der Waals surface area contributed by atoms with E-state index < -0.39 is 54.3 Å². The van der Waals surface area contributed by atoms with E-state index in [2.05, 4.69) is 6.58 Å². The molecule has 8 heteroatoms. The summed E-state index contributed by atoms with van der Waals surface area (Å²) in [5, 5.41) is 10.6. The van der Waals surface area contributed by atoms with Crippen molar-refractivity contribution >= 4 is 11.9 Å². The zero-order chi connectivity index (χ0) is 20.3. The summed E-state index contributed by atoms with van der Waals surface area (Å²) in [7, 11) is 0. The highest BCUT2D eigenvalue weighted by atomic mass is 16.8. The molecule has 3 aliphatic rings. The molecule has 1 N–H and O–H groups in total. The number of fused-ring (bicyclic) bond motifs is 1. The van der Waals surface area contributed by atoms with Gasteiger partial charge in [0.05, 0.1) is 0 Å². The van der Waals surface area contributed by atoms with Gasteiger partial charge in [-0.15, -0.1) is 6.58 Å². The summed E-state index contributed by atoms with van der Waals surface area (Å²) in [5.41, 5.74) is 0. The fourth-order valence-electron chi connectivity index (χ4n) is 4.36. The monoisotopic (exact) mass is 398 g/mol. The number of aliphatic hydroxyl groups is 1. The average molecular weight is 398 g/mol. The van der Waals surface area contributed by atoms with Crippen molar-refractivity contribution in [3.8, 4) is 0 Å². The molecular weight excluding hydrogens is 368 g/mol. The van der Waals surface area contributed by atoms with Gasteiger partial charge >= 0.3 is 11.9 Å². The second kappa shape index (κ2) is 8.90. The van der Waals surface area contributed by atoms with E-state index in [1.54, 1.807) is 6.08 Å². The van der Waals surface area contributed by atoms with Crippen molar-refractivity contribution in [3.63, 3.8) is 0 Å². The van der Waals surface area contributed by atoms with Crippen molar-refractivity contribution in [2.45, 2.75) is 94.8 Å². The van der Waals surface area contributed by atoms with Gasteiger partial charge in [-0.1, -0.05) is 12.5 Å². The lowest BCUT2D eigenvalue weighted by Gasteiger charge is -2.42. The van der Waals surface area contributed by atoms with Crippen molar-refractivity contribution in [2.24, 2.45) is 0 Å². The molecule has 1 aliphatic carbocycles. The van der Waals surface area contributed by atoms with Crippen LogP contribution in [0.25, 0.3) is 0 Å². The SMILES string of the molecule is C=CCC1O[C@@H]([C@H](O)COC(C)=O)C2OC3(CCCCC3)OC2C1OC(C)=O. The van der Waals surface area contributed by atoms with Crippen LogP contribution in [0.5, 0.6) is 0 Å². The van der Waals surface area contributed by atoms with Crippen LogP contribution in [-0.2, 0) is 33.3 Å². The van der Waals surface area contributed by atoms with Gasteiger partial charge in [-0.25, -0.2) is 0 Å². The predicted molar refractivity (Wildman–Crippen MR) is 97.2 cm³/mol. The third-order valence-electron chi connectivity index (χ3n) is 5.52. The second-order valence-corrected chi connectivity index (χ2v) is 7.74. The lowest BCUT2D eigenvalue weighted by atomic mass is 9.91. The maximum Gasteiger partial charge on any atom is 0.303 e. The van der Waals surface area contributed by atoms with Crippen molar-refractivity contribution in [3.05, 3.63) is 12.7 Å². The highest BCUT2D eigenvalue weighted by Gasteiger charge is 2.60. The summed E-state index contributed by atoms with van der Waals surface area (Å²) in [5.74, 6) is -1.68. The smallest absolute Gasteiger partial charge is 0.303 e. The van der Waals surface area contributed by atoms with Crippen molar-refractivity contribution in [2.75, 3.05) is 6.61 Å². The Bertz CT molecular complexity index is 585. The normalized spacial score (nSPS) is 35.0. The first-order valence-electron chi connectivity index (χ1n) is 9.96. The van der Waals surface area contributed by atoms with Gasteiger partial charge in [0.15, 0.2) is 11.9 Å². The number of hydrogen-bond acceptors (Lipinski definition) is 8. The molecule has 3 rings (SSSR count). The number of carbonyl (C=O) groups is 2. The molecule has 0 aromatic heterocycles. The van der Waals surface area contributed by atoms with Crippen LogP contribution >= 0.6 is 0 Å². The Hall–Kier alpha value is -1.48. The molecule has 2 aliphatic heterocycles. The Morgan fingerprint density at radius 2 is 1.86 bits per heavy atom. The zero-order valence-corrected chi connectivity index (χ0v) is 16.5. The number of ether oxygens (including phenoxy) is 5. The molecule has 8 nitrogen and oxygen atoms in total. The van der Waals surface area contributed by atoms with Gasteiger partial charge < -0.3 is 28.8 Å². The Labute approximate surface area is 165 Å². The van der Waals surface area contributed by atoms with Crippen LogP contribution in [0.4, 0.5) is 0 Å². The number of carbonyl (C=O) groups excluding carboxylic acids is 2. The van der Waals surface area contributed by atoms with Crippen LogP contribution in [-0.4, -0.2) is 66.1 Å². The minimum atomic E-state index is -1.09. The van der Waals surface area contributed by atoms with E-state index in [1.807, 2.05) is 0 Å². The minimum Gasteiger partial charge on any atom is -0.463 e. The molecule has 0 aromatic rings. The second-order valence-electron chi connectivity index (χ2n) is 7.74. The quantitative estimate of drug-likeness (QED) is 0.532. The van der Waals surface area contributed by atoms with Crippen molar-refractivity contribution in [1.82, 2.24) is 0 Å². The molecule has 0 amide bonds. The molecule has 28 heavy (non-hydrogen) atoms. The molecule has 0 aromatic carbocycles. The summed E-state index contributed by atoms with van der Waals surface area (Å²) in [6.45, 7) is 6.15. The van der Waals surface area contributed by atoms with E-state index in [1.165, 1.54) is 13.8 Å². The van der Waals surface area contributed by atoms with Gasteiger partial charge in [-0.2, -0.15) is 0 Å². The Morgan fingerprint density at radius 1 is 1.18 bits per heavy atom. The summed E-state index contributed by atoms with van der Waals surface area (Å²) in [6.07, 6.45) is 2.37. The lowest BCUT2D eigenvalue weighted by molar-refractivity contribution is -0.227. The van der Waals surface area contributed by atoms with E-state index in [0.29, 0.717) is 6.42 Å². The average Bonchev–Trinajstić information content (AvgIpc) is 3.00. The highest BCUT2D eigenvalue weighted by molar-refractivity contribution is 5.66. The first-order valence-corrected chi connectivity index (χ1v) is 9.96. The Morgan fingerprint density at radius 3 is 2.46 bits per heavy atom. The van der Waals surface area contributed by atoms with Crippen molar-refractivity contribution in [1.29, 1.82) is 0 Å². The van der Waals surface area contributed by atoms with Gasteiger partial charge in [0.25, 0.3) is 0 Å². The van der Waals surface area contributed by atoms with E-state index in [4.69, 9.17) is 23.7 Å². The van der Waals surface area contributed by atoms with Gasteiger partial charge in [-0.3, -0.25) is 9.59 Å². The fraction of sp³-hybridized carbons (Fsp3) is 0.800. The molecule has 3 fully saturated rings. The van der Waals surface area contributed by atoms with E-state index in [9.17, 15) is 14.7 Å². The standard InChI is InChI=1S/C20H30O8/c1-4-8-15-17(25-13(3)22)19-18(16(26-15)14(23)11-24-12(2)21)27-20(28-19)9-6-5-7-10-20/h4,14-19,23H,1,5-11H2,2-3H3/t14-,15?,16+,17?,18?,19?/m1/s1. The number of esters is 2. The van der Waals surface area contributed by atoms with Crippen LogP contribution < -0.4 is 0 Å². The summed E-state index contributed by atoms with van der Waals surface area (Å²) in [4.78, 5) is 22.8. The van der Waals surface area contributed by atoms with Crippen LogP contribution in [0.2, 0.25) is 0 Å². The predicted octanol–water partition coefficient (Wildman–Crippen LogP) is 1.63. The first-order chi connectivity index (χ1) is 13.3. The highest BCUT2D eigenvalue weighted by Crippen LogP contribution is 2.46. The molecular formula is C20H30O8. The van der Waals surface area contributed by atoms with E-state index in [0.717, 1.165) is 32.1 Å². The molecule has 158 valence electrons. The number of hydrogen-bond donors (Lipinski definition) is 1. The fourth-order valence-corrected chi connectivity index (χ4v) is 4.36. The Balaban J connectivity index is 1.86. The molecule has 6 atom stereocenters.